The normalized spacial score (nSPS) is 16.4. The summed E-state index contributed by atoms with van der Waals surface area (Å²) in [5.41, 5.74) is 1.68. The van der Waals surface area contributed by atoms with Crippen molar-refractivity contribution in [2.75, 3.05) is 18.4 Å². The number of rotatable bonds is 2. The van der Waals surface area contributed by atoms with Gasteiger partial charge < -0.3 is 10.2 Å². The van der Waals surface area contributed by atoms with Crippen LogP contribution in [0.2, 0.25) is 0 Å². The van der Waals surface area contributed by atoms with Gasteiger partial charge >= 0.3 is 0 Å². The molecule has 142 valence electrons. The molecule has 2 aliphatic rings. The zero-order valence-corrected chi connectivity index (χ0v) is 15.5. The number of benzene rings is 2. The molecule has 2 aromatic carbocycles. The maximum absolute atomic E-state index is 13.0. The van der Waals surface area contributed by atoms with Gasteiger partial charge in [-0.05, 0) is 18.9 Å². The van der Waals surface area contributed by atoms with E-state index in [1.165, 1.54) is 6.92 Å². The van der Waals surface area contributed by atoms with Crippen molar-refractivity contribution in [1.82, 2.24) is 4.90 Å². The molecule has 1 aliphatic carbocycles. The van der Waals surface area contributed by atoms with Gasteiger partial charge in [-0.3, -0.25) is 19.2 Å². The van der Waals surface area contributed by atoms with Crippen molar-refractivity contribution in [3.63, 3.8) is 0 Å². The zero-order valence-electron chi connectivity index (χ0n) is 15.5. The number of anilines is 1. The van der Waals surface area contributed by atoms with Crippen LogP contribution in [-0.2, 0) is 9.59 Å². The van der Waals surface area contributed by atoms with Gasteiger partial charge in [0.25, 0.3) is 0 Å². The Hall–Kier alpha value is -3.28. The highest BCUT2D eigenvalue weighted by molar-refractivity contribution is 6.30. The highest BCUT2D eigenvalue weighted by Gasteiger charge is 2.33. The second-order valence-corrected chi connectivity index (χ2v) is 7.20. The average molecular weight is 376 g/mol. The van der Waals surface area contributed by atoms with Gasteiger partial charge in [0.2, 0.25) is 11.8 Å². The minimum Gasteiger partial charge on any atom is -0.343 e. The molecular weight excluding hydrogens is 356 g/mol. The molecule has 0 radical (unpaired) electrons. The monoisotopic (exact) mass is 376 g/mol. The van der Waals surface area contributed by atoms with Crippen LogP contribution in [0.25, 0.3) is 0 Å². The maximum Gasteiger partial charge on any atom is 0.227 e. The van der Waals surface area contributed by atoms with Crippen molar-refractivity contribution >= 4 is 29.1 Å². The molecule has 1 aliphatic heterocycles. The summed E-state index contributed by atoms with van der Waals surface area (Å²) in [4.78, 5) is 51.7. The predicted octanol–water partition coefficient (Wildman–Crippen LogP) is 2.66. The van der Waals surface area contributed by atoms with Crippen molar-refractivity contribution in [1.29, 1.82) is 0 Å². The van der Waals surface area contributed by atoms with Crippen LogP contribution in [0.15, 0.2) is 42.5 Å². The topological polar surface area (TPSA) is 83.6 Å². The number of likely N-dealkylation sites (tertiary alicyclic amines) is 1. The van der Waals surface area contributed by atoms with Gasteiger partial charge in [0.1, 0.15) is 0 Å². The first-order chi connectivity index (χ1) is 13.5. The number of amides is 2. The van der Waals surface area contributed by atoms with Crippen LogP contribution in [-0.4, -0.2) is 41.4 Å². The number of ketones is 2. The summed E-state index contributed by atoms with van der Waals surface area (Å²) >= 11 is 0. The SMILES string of the molecule is CC(=O)N1CCC(C(=O)Nc2cccc3c2C(=O)c2ccccc2C3=O)CC1. The summed E-state index contributed by atoms with van der Waals surface area (Å²) in [6.45, 7) is 2.62. The lowest BCUT2D eigenvalue weighted by Crippen LogP contribution is -2.40. The molecule has 0 aromatic heterocycles. The second-order valence-electron chi connectivity index (χ2n) is 7.20. The molecule has 4 rings (SSSR count). The minimum absolute atomic E-state index is 0.0127. The van der Waals surface area contributed by atoms with Crippen molar-refractivity contribution in [3.05, 3.63) is 64.7 Å². The molecule has 2 aromatic rings. The Morgan fingerprint density at radius 3 is 2.14 bits per heavy atom. The fourth-order valence-corrected chi connectivity index (χ4v) is 3.94. The molecule has 0 spiro atoms. The van der Waals surface area contributed by atoms with E-state index in [2.05, 4.69) is 5.32 Å². The number of hydrogen-bond donors (Lipinski definition) is 1. The summed E-state index contributed by atoms with van der Waals surface area (Å²) in [5.74, 6) is -0.869. The van der Waals surface area contributed by atoms with E-state index in [0.29, 0.717) is 48.3 Å². The molecule has 0 saturated carbocycles. The molecule has 28 heavy (non-hydrogen) atoms. The Labute approximate surface area is 162 Å². The summed E-state index contributed by atoms with van der Waals surface area (Å²) in [5, 5.41) is 2.85. The lowest BCUT2D eigenvalue weighted by Gasteiger charge is -2.30. The fourth-order valence-electron chi connectivity index (χ4n) is 3.94. The molecule has 1 fully saturated rings. The lowest BCUT2D eigenvalue weighted by atomic mass is 9.83. The van der Waals surface area contributed by atoms with E-state index in [1.807, 2.05) is 0 Å². The fraction of sp³-hybridized carbons (Fsp3) is 0.273. The molecule has 6 heteroatoms. The number of fused-ring (bicyclic) bond motifs is 2. The van der Waals surface area contributed by atoms with Crippen molar-refractivity contribution in [2.45, 2.75) is 19.8 Å². The Balaban J connectivity index is 1.59. The second kappa shape index (κ2) is 7.03. The van der Waals surface area contributed by atoms with Gasteiger partial charge in [-0.25, -0.2) is 0 Å². The molecule has 1 saturated heterocycles. The van der Waals surface area contributed by atoms with E-state index in [1.54, 1.807) is 47.4 Å². The van der Waals surface area contributed by atoms with Gasteiger partial charge in [-0.2, -0.15) is 0 Å². The van der Waals surface area contributed by atoms with Crippen molar-refractivity contribution in [2.24, 2.45) is 5.92 Å². The number of carbonyl (C=O) groups excluding carboxylic acids is 4. The van der Waals surface area contributed by atoms with Gasteiger partial charge in [0.15, 0.2) is 11.6 Å². The third-order valence-corrected chi connectivity index (χ3v) is 5.52. The minimum atomic E-state index is -0.257. The van der Waals surface area contributed by atoms with E-state index >= 15 is 0 Å². The molecule has 1 N–H and O–H groups in total. The van der Waals surface area contributed by atoms with Gasteiger partial charge in [-0.15, -0.1) is 0 Å². The van der Waals surface area contributed by atoms with Gasteiger partial charge in [-0.1, -0.05) is 36.4 Å². The molecule has 2 amide bonds. The first kappa shape index (κ1) is 18.1. The van der Waals surface area contributed by atoms with Crippen LogP contribution in [0.4, 0.5) is 5.69 Å². The molecule has 0 unspecified atom stereocenters. The highest BCUT2D eigenvalue weighted by Crippen LogP contribution is 2.32. The standard InChI is InChI=1S/C22H20N2O4/c1-13(25)24-11-9-14(10-12-24)22(28)23-18-8-4-7-17-19(18)21(27)16-6-3-2-5-15(16)20(17)26/h2-8,14H,9-12H2,1H3,(H,23,28). The molecular formula is C22H20N2O4. The lowest BCUT2D eigenvalue weighted by molar-refractivity contribution is -0.132. The van der Waals surface area contributed by atoms with Crippen LogP contribution < -0.4 is 5.32 Å². The van der Waals surface area contributed by atoms with Gasteiger partial charge in [0, 0.05) is 42.6 Å². The van der Waals surface area contributed by atoms with E-state index in [0.717, 1.165) is 0 Å². The van der Waals surface area contributed by atoms with Gasteiger partial charge in [0.05, 0.1) is 11.3 Å². The number of nitrogens with zero attached hydrogens (tertiary/aromatic N) is 1. The predicted molar refractivity (Wildman–Crippen MR) is 103 cm³/mol. The van der Waals surface area contributed by atoms with E-state index in [4.69, 9.17) is 0 Å². The zero-order chi connectivity index (χ0) is 19.8. The third kappa shape index (κ3) is 3.01. The Bertz CT molecular complexity index is 1000. The Kier molecular flexibility index (Phi) is 4.55. The largest absolute Gasteiger partial charge is 0.343 e. The maximum atomic E-state index is 13.0. The first-order valence-electron chi connectivity index (χ1n) is 9.35. The molecule has 0 bridgehead atoms. The van der Waals surface area contributed by atoms with Crippen LogP contribution in [0, 0.1) is 5.92 Å². The summed E-state index contributed by atoms with van der Waals surface area (Å²) < 4.78 is 0. The van der Waals surface area contributed by atoms with Crippen molar-refractivity contribution < 1.29 is 19.2 Å². The van der Waals surface area contributed by atoms with E-state index in [-0.39, 0.29) is 34.9 Å². The quantitative estimate of drug-likeness (QED) is 0.745. The number of nitrogens with one attached hydrogen (secondary N) is 1. The number of hydrogen-bond acceptors (Lipinski definition) is 4. The van der Waals surface area contributed by atoms with Crippen LogP contribution >= 0.6 is 0 Å². The van der Waals surface area contributed by atoms with Crippen LogP contribution in [0.3, 0.4) is 0 Å². The summed E-state index contributed by atoms with van der Waals surface area (Å²) in [6, 6.07) is 11.7. The summed E-state index contributed by atoms with van der Waals surface area (Å²) in [7, 11) is 0. The van der Waals surface area contributed by atoms with Crippen LogP contribution in [0.5, 0.6) is 0 Å². The Morgan fingerprint density at radius 2 is 1.50 bits per heavy atom. The van der Waals surface area contributed by atoms with E-state index in [9.17, 15) is 19.2 Å². The number of piperidine rings is 1. The third-order valence-electron chi connectivity index (χ3n) is 5.52. The Morgan fingerprint density at radius 1 is 0.893 bits per heavy atom. The molecule has 0 atom stereocenters. The first-order valence-corrected chi connectivity index (χ1v) is 9.35. The molecule has 1 heterocycles. The smallest absolute Gasteiger partial charge is 0.227 e. The number of carbonyl (C=O) groups is 4. The molecule has 6 nitrogen and oxygen atoms in total. The van der Waals surface area contributed by atoms with Crippen LogP contribution in [0.1, 0.15) is 51.6 Å². The van der Waals surface area contributed by atoms with Crippen molar-refractivity contribution in [3.8, 4) is 0 Å². The summed E-state index contributed by atoms with van der Waals surface area (Å²) in [6.07, 6.45) is 1.16. The highest BCUT2D eigenvalue weighted by atomic mass is 16.2. The van der Waals surface area contributed by atoms with E-state index < -0.39 is 0 Å². The average Bonchev–Trinajstić information content (AvgIpc) is 2.72.